The van der Waals surface area contributed by atoms with Crippen LogP contribution in [-0.2, 0) is 4.79 Å². The fourth-order valence-electron chi connectivity index (χ4n) is 3.57. The van der Waals surface area contributed by atoms with Gasteiger partial charge in [-0.25, -0.2) is 4.79 Å². The Morgan fingerprint density at radius 3 is 2.45 bits per heavy atom. The maximum Gasteiger partial charge on any atom is 0.335 e. The first kappa shape index (κ1) is 18.9. The number of hydrogen-bond donors (Lipinski definition) is 3. The van der Waals surface area contributed by atoms with E-state index in [9.17, 15) is 14.4 Å². The van der Waals surface area contributed by atoms with Crippen molar-refractivity contribution in [3.8, 4) is 0 Å². The third-order valence-electron chi connectivity index (χ3n) is 4.98. The van der Waals surface area contributed by atoms with E-state index in [0.29, 0.717) is 15.6 Å². The van der Waals surface area contributed by atoms with Crippen molar-refractivity contribution in [1.82, 2.24) is 0 Å². The second kappa shape index (κ2) is 7.52. The molecule has 3 aromatic rings. The van der Waals surface area contributed by atoms with E-state index in [4.69, 9.17) is 5.11 Å². The average molecular weight is 406 g/mol. The van der Waals surface area contributed by atoms with Crippen LogP contribution in [0.3, 0.4) is 0 Å². The number of carbonyl (C=O) groups is 3. The summed E-state index contributed by atoms with van der Waals surface area (Å²) in [5.74, 6) is -1.57. The van der Waals surface area contributed by atoms with E-state index in [2.05, 4.69) is 10.6 Å². The number of rotatable bonds is 4. The van der Waals surface area contributed by atoms with Gasteiger partial charge in [-0.2, -0.15) is 0 Å². The third-order valence-corrected chi connectivity index (χ3v) is 6.20. The Balaban J connectivity index is 1.70. The highest BCUT2D eigenvalue weighted by Gasteiger charge is 2.32. The van der Waals surface area contributed by atoms with Crippen molar-refractivity contribution >= 4 is 39.8 Å². The minimum atomic E-state index is -0.995. The number of carbonyl (C=O) groups excluding carboxylic acids is 2. The van der Waals surface area contributed by atoms with E-state index in [1.807, 2.05) is 37.3 Å². The number of anilines is 2. The number of thiophene rings is 1. The monoisotopic (exact) mass is 406 g/mol. The second-order valence-corrected chi connectivity index (χ2v) is 7.87. The Morgan fingerprint density at radius 2 is 1.79 bits per heavy atom. The highest BCUT2D eigenvalue weighted by molar-refractivity contribution is 7.18. The summed E-state index contributed by atoms with van der Waals surface area (Å²) in [4.78, 5) is 36.7. The van der Waals surface area contributed by atoms with E-state index >= 15 is 0 Å². The molecule has 0 unspecified atom stereocenters. The normalized spacial score (nSPS) is 15.3. The first-order chi connectivity index (χ1) is 13.9. The quantitative estimate of drug-likeness (QED) is 0.595. The van der Waals surface area contributed by atoms with Crippen molar-refractivity contribution in [3.63, 3.8) is 0 Å². The number of fused-ring (bicyclic) bond motifs is 1. The smallest absolute Gasteiger partial charge is 0.335 e. The van der Waals surface area contributed by atoms with Crippen LogP contribution < -0.4 is 10.6 Å². The molecular weight excluding hydrogens is 388 g/mol. The molecule has 29 heavy (non-hydrogen) atoms. The van der Waals surface area contributed by atoms with Gasteiger partial charge in [0.1, 0.15) is 0 Å². The Hall–Kier alpha value is -3.45. The Bertz CT molecular complexity index is 1100. The van der Waals surface area contributed by atoms with Crippen LogP contribution in [0.2, 0.25) is 0 Å². The summed E-state index contributed by atoms with van der Waals surface area (Å²) in [6.07, 6.45) is 0.247. The second-order valence-electron chi connectivity index (χ2n) is 6.85. The lowest BCUT2D eigenvalue weighted by atomic mass is 9.84. The lowest BCUT2D eigenvalue weighted by Crippen LogP contribution is -2.22. The van der Waals surface area contributed by atoms with Crippen LogP contribution in [0, 0.1) is 6.92 Å². The molecule has 4 rings (SSSR count). The van der Waals surface area contributed by atoms with Crippen LogP contribution in [0.1, 0.15) is 49.1 Å². The summed E-state index contributed by atoms with van der Waals surface area (Å²) >= 11 is 1.26. The Morgan fingerprint density at radius 1 is 1.10 bits per heavy atom. The molecule has 0 fully saturated rings. The van der Waals surface area contributed by atoms with Crippen molar-refractivity contribution in [2.24, 2.45) is 0 Å². The number of para-hydroxylation sites is 1. The molecule has 0 aliphatic carbocycles. The zero-order chi connectivity index (χ0) is 20.5. The van der Waals surface area contributed by atoms with Gasteiger partial charge < -0.3 is 15.7 Å². The van der Waals surface area contributed by atoms with Gasteiger partial charge >= 0.3 is 5.97 Å². The van der Waals surface area contributed by atoms with Crippen molar-refractivity contribution in [3.05, 3.63) is 81.7 Å². The highest BCUT2D eigenvalue weighted by Crippen LogP contribution is 2.45. The van der Waals surface area contributed by atoms with Gasteiger partial charge in [-0.15, -0.1) is 11.3 Å². The van der Waals surface area contributed by atoms with Gasteiger partial charge in [-0.1, -0.05) is 30.3 Å². The van der Waals surface area contributed by atoms with E-state index in [0.717, 1.165) is 16.7 Å². The van der Waals surface area contributed by atoms with E-state index < -0.39 is 5.97 Å². The van der Waals surface area contributed by atoms with Crippen LogP contribution in [0.25, 0.3) is 0 Å². The van der Waals surface area contributed by atoms with Crippen LogP contribution in [0.5, 0.6) is 0 Å². The molecule has 3 N–H and O–H groups in total. The summed E-state index contributed by atoms with van der Waals surface area (Å²) in [5, 5.41) is 15.5. The fraction of sp³-hybridized carbons (Fsp3) is 0.136. The van der Waals surface area contributed by atoms with Crippen LogP contribution in [0.4, 0.5) is 10.7 Å². The first-order valence-electron chi connectivity index (χ1n) is 9.07. The molecule has 0 bridgehead atoms. The van der Waals surface area contributed by atoms with E-state index in [1.54, 1.807) is 12.1 Å². The van der Waals surface area contributed by atoms with Crippen molar-refractivity contribution < 1.29 is 19.5 Å². The summed E-state index contributed by atoms with van der Waals surface area (Å²) < 4.78 is 0. The van der Waals surface area contributed by atoms with Crippen molar-refractivity contribution in [2.75, 3.05) is 10.6 Å². The number of carboxylic acid groups (broad SMARTS) is 1. The minimum Gasteiger partial charge on any atom is -0.478 e. The van der Waals surface area contributed by atoms with Gasteiger partial charge in [0, 0.05) is 18.0 Å². The summed E-state index contributed by atoms with van der Waals surface area (Å²) in [7, 11) is 0. The first-order valence-corrected chi connectivity index (χ1v) is 9.88. The predicted octanol–water partition coefficient (Wildman–Crippen LogP) is 4.48. The van der Waals surface area contributed by atoms with Crippen molar-refractivity contribution in [1.29, 1.82) is 0 Å². The number of hydrogen-bond acceptors (Lipinski definition) is 4. The zero-order valence-electron chi connectivity index (χ0n) is 15.6. The maximum atomic E-state index is 12.8. The van der Waals surface area contributed by atoms with Crippen LogP contribution in [0.15, 0.2) is 54.6 Å². The molecular formula is C22H18N2O4S. The molecule has 2 aromatic carbocycles. The van der Waals surface area contributed by atoms with Gasteiger partial charge in [0.25, 0.3) is 5.91 Å². The third kappa shape index (κ3) is 3.64. The lowest BCUT2D eigenvalue weighted by Gasteiger charge is -2.24. The standard InChI is InChI=1S/C22H18N2O4S/c1-12-18-16(13-7-9-14(10-8-13)22(27)28)11-17(25)24-21(18)29-19(12)20(26)23-15-5-3-2-4-6-15/h2-10,16H,11H2,1H3,(H,23,26)(H,24,25)(H,27,28)/t16-/m0/s1. The average Bonchev–Trinajstić information content (AvgIpc) is 3.04. The SMILES string of the molecule is Cc1c(C(=O)Nc2ccccc2)sc2c1[C@H](c1ccc(C(=O)O)cc1)CC(=O)N2. The number of nitrogens with one attached hydrogen (secondary N) is 2. The number of benzene rings is 2. The molecule has 1 aromatic heterocycles. The van der Waals surface area contributed by atoms with Crippen molar-refractivity contribution in [2.45, 2.75) is 19.3 Å². The highest BCUT2D eigenvalue weighted by atomic mass is 32.1. The molecule has 0 saturated carbocycles. The molecule has 146 valence electrons. The predicted molar refractivity (Wildman–Crippen MR) is 112 cm³/mol. The Kier molecular flexibility index (Phi) is 4.90. The molecule has 0 radical (unpaired) electrons. The Labute approximate surface area is 171 Å². The summed E-state index contributed by atoms with van der Waals surface area (Å²) in [6, 6.07) is 15.7. The molecule has 6 nitrogen and oxygen atoms in total. The van der Waals surface area contributed by atoms with E-state index in [1.165, 1.54) is 23.5 Å². The van der Waals surface area contributed by atoms with Gasteiger partial charge in [-0.3, -0.25) is 9.59 Å². The lowest BCUT2D eigenvalue weighted by molar-refractivity contribution is -0.116. The van der Waals surface area contributed by atoms with Crippen LogP contribution >= 0.6 is 11.3 Å². The molecule has 7 heteroatoms. The molecule has 0 spiro atoms. The molecule has 1 atom stereocenters. The number of aromatic carboxylic acids is 1. The topological polar surface area (TPSA) is 95.5 Å². The number of carboxylic acids is 1. The van der Waals surface area contributed by atoms with E-state index in [-0.39, 0.29) is 29.7 Å². The van der Waals surface area contributed by atoms with Gasteiger partial charge in [0.15, 0.2) is 0 Å². The van der Waals surface area contributed by atoms with Gasteiger partial charge in [0.2, 0.25) is 5.91 Å². The summed E-state index contributed by atoms with van der Waals surface area (Å²) in [6.45, 7) is 1.88. The zero-order valence-corrected chi connectivity index (χ0v) is 16.4. The summed E-state index contributed by atoms with van der Waals surface area (Å²) in [5.41, 5.74) is 3.48. The molecule has 0 saturated heterocycles. The molecule has 1 aliphatic rings. The largest absolute Gasteiger partial charge is 0.478 e. The van der Waals surface area contributed by atoms with Gasteiger partial charge in [0.05, 0.1) is 15.4 Å². The minimum absolute atomic E-state index is 0.124. The molecule has 2 amide bonds. The molecule has 1 aliphatic heterocycles. The maximum absolute atomic E-state index is 12.8. The van der Waals surface area contributed by atoms with Crippen LogP contribution in [-0.4, -0.2) is 22.9 Å². The fourth-order valence-corrected chi connectivity index (χ4v) is 4.75. The number of amides is 2. The van der Waals surface area contributed by atoms with Gasteiger partial charge in [-0.05, 0) is 47.9 Å². The molecule has 2 heterocycles.